The maximum atomic E-state index is 14.0. The minimum atomic E-state index is -1.12. The van der Waals surface area contributed by atoms with Crippen LogP contribution < -0.4 is 4.90 Å². The molecule has 1 aromatic rings. The Morgan fingerprint density at radius 3 is 2.28 bits per heavy atom. The average molecular weight is 517 g/mol. The van der Waals surface area contributed by atoms with Crippen LogP contribution in [0.3, 0.4) is 0 Å². The molecule has 2 amide bonds. The van der Waals surface area contributed by atoms with Crippen molar-refractivity contribution in [2.45, 2.75) is 85.2 Å². The molecule has 1 N–H and O–H groups in total. The van der Waals surface area contributed by atoms with Gasteiger partial charge in [-0.25, -0.2) is 4.79 Å². The Morgan fingerprint density at radius 1 is 1.11 bits per heavy atom. The molecule has 7 nitrogen and oxygen atoms in total. The van der Waals surface area contributed by atoms with Crippen LogP contribution in [0.2, 0.25) is 0 Å². The molecule has 1 saturated carbocycles. The number of thiophene rings is 1. The molecule has 8 heteroatoms. The molecule has 198 valence electrons. The van der Waals surface area contributed by atoms with E-state index in [-0.39, 0.29) is 39.8 Å². The molecule has 2 aliphatic rings. The van der Waals surface area contributed by atoms with Crippen LogP contribution in [0.15, 0.2) is 6.07 Å². The molecular formula is C28H40N2O5S. The topological polar surface area (TPSA) is 87.2 Å². The van der Waals surface area contributed by atoms with Crippen molar-refractivity contribution < 1.29 is 24.2 Å². The number of hydrogen-bond acceptors (Lipinski definition) is 5. The molecule has 36 heavy (non-hydrogen) atoms. The first-order valence-electron chi connectivity index (χ1n) is 13.0. The number of hydrogen-bond donors (Lipinski definition) is 1. The second-order valence-corrected chi connectivity index (χ2v) is 12.3. The van der Waals surface area contributed by atoms with Gasteiger partial charge < -0.3 is 14.7 Å². The zero-order valence-electron chi connectivity index (χ0n) is 22.4. The van der Waals surface area contributed by atoms with Gasteiger partial charge in [-0.05, 0) is 78.2 Å². The quantitative estimate of drug-likeness (QED) is 0.536. The number of ether oxygens (including phenoxy) is 1. The van der Waals surface area contributed by atoms with Crippen LogP contribution in [0.1, 0.15) is 87.7 Å². The van der Waals surface area contributed by atoms with Crippen molar-refractivity contribution in [3.8, 4) is 11.8 Å². The zero-order valence-corrected chi connectivity index (χ0v) is 23.2. The molecule has 2 fully saturated rings. The summed E-state index contributed by atoms with van der Waals surface area (Å²) in [7, 11) is 1.77. The molecule has 2 heterocycles. The van der Waals surface area contributed by atoms with E-state index in [1.54, 1.807) is 24.9 Å². The van der Waals surface area contributed by atoms with Crippen LogP contribution >= 0.6 is 11.3 Å². The highest BCUT2D eigenvalue weighted by molar-refractivity contribution is 7.15. The molecule has 1 atom stereocenters. The highest BCUT2D eigenvalue weighted by Gasteiger charge is 2.38. The SMILES string of the molecule is CC1CCC(C(=O)N(c2cc(C#CC(C)(C)C)sc2C(=O)O)[C@@H](C)C(=O)N(C)C2CCOCC2)CC1. The Hall–Kier alpha value is -2.37. The smallest absolute Gasteiger partial charge is 0.348 e. The average Bonchev–Trinajstić information content (AvgIpc) is 3.26. The van der Waals surface area contributed by atoms with Crippen LogP contribution in [-0.2, 0) is 14.3 Å². The largest absolute Gasteiger partial charge is 0.477 e. The van der Waals surface area contributed by atoms with Crippen molar-refractivity contribution in [1.29, 1.82) is 0 Å². The maximum Gasteiger partial charge on any atom is 0.348 e. The first-order chi connectivity index (χ1) is 16.9. The van der Waals surface area contributed by atoms with Gasteiger partial charge in [0.05, 0.1) is 10.6 Å². The number of carboxylic acids is 1. The molecule has 0 bridgehead atoms. The maximum absolute atomic E-state index is 14.0. The van der Waals surface area contributed by atoms with E-state index >= 15 is 0 Å². The van der Waals surface area contributed by atoms with E-state index in [0.29, 0.717) is 24.0 Å². The number of nitrogens with zero attached hydrogens (tertiary/aromatic N) is 2. The van der Waals surface area contributed by atoms with Gasteiger partial charge in [-0.3, -0.25) is 14.5 Å². The van der Waals surface area contributed by atoms with E-state index in [1.165, 1.54) is 4.90 Å². The van der Waals surface area contributed by atoms with E-state index in [1.807, 2.05) is 20.8 Å². The summed E-state index contributed by atoms with van der Waals surface area (Å²) in [6.45, 7) is 11.1. The number of likely N-dealkylation sites (N-methyl/N-ethyl adjacent to an activating group) is 1. The van der Waals surface area contributed by atoms with E-state index in [4.69, 9.17) is 4.74 Å². The first kappa shape index (κ1) is 28.2. The van der Waals surface area contributed by atoms with Crippen LogP contribution in [0.4, 0.5) is 5.69 Å². The minimum Gasteiger partial charge on any atom is -0.477 e. The van der Waals surface area contributed by atoms with Gasteiger partial charge in [-0.1, -0.05) is 18.8 Å². The molecule has 1 aliphatic heterocycles. The summed E-state index contributed by atoms with van der Waals surface area (Å²) in [5, 5.41) is 10.0. The van der Waals surface area contributed by atoms with Gasteiger partial charge >= 0.3 is 5.97 Å². The van der Waals surface area contributed by atoms with Gasteiger partial charge in [0.15, 0.2) is 0 Å². The van der Waals surface area contributed by atoms with Crippen LogP contribution in [0, 0.1) is 29.1 Å². The van der Waals surface area contributed by atoms with E-state index < -0.39 is 12.0 Å². The molecule has 1 aliphatic carbocycles. The third-order valence-electron chi connectivity index (χ3n) is 7.16. The lowest BCUT2D eigenvalue weighted by Gasteiger charge is -2.38. The van der Waals surface area contributed by atoms with Crippen molar-refractivity contribution in [3.05, 3.63) is 15.8 Å². The number of rotatable bonds is 6. The molecule has 0 spiro atoms. The molecule has 1 aromatic heterocycles. The normalized spacial score (nSPS) is 21.7. The molecule has 1 saturated heterocycles. The summed E-state index contributed by atoms with van der Waals surface area (Å²) in [4.78, 5) is 43.7. The number of aromatic carboxylic acids is 1. The third kappa shape index (κ3) is 6.89. The second kappa shape index (κ2) is 11.8. The predicted octanol–water partition coefficient (Wildman–Crippen LogP) is 5.03. The van der Waals surface area contributed by atoms with Crippen LogP contribution in [0.25, 0.3) is 0 Å². The lowest BCUT2D eigenvalue weighted by atomic mass is 9.82. The zero-order chi connectivity index (χ0) is 26.6. The molecule has 3 rings (SSSR count). The van der Waals surface area contributed by atoms with E-state index in [9.17, 15) is 19.5 Å². The Bertz CT molecular complexity index is 1020. The number of anilines is 1. The monoisotopic (exact) mass is 516 g/mol. The number of carboxylic acid groups (broad SMARTS) is 1. The summed E-state index contributed by atoms with van der Waals surface area (Å²) >= 11 is 1.06. The fraction of sp³-hybridized carbons (Fsp3) is 0.679. The molecule has 0 unspecified atom stereocenters. The summed E-state index contributed by atoms with van der Waals surface area (Å²) in [6, 6.07) is 0.880. The van der Waals surface area contributed by atoms with Gasteiger partial charge in [-0.2, -0.15) is 0 Å². The molecule has 0 aromatic carbocycles. The Balaban J connectivity index is 2.01. The summed E-state index contributed by atoms with van der Waals surface area (Å²) < 4.78 is 5.45. The highest BCUT2D eigenvalue weighted by atomic mass is 32.1. The van der Waals surface area contributed by atoms with Gasteiger partial charge in [-0.15, -0.1) is 11.3 Å². The Kier molecular flexibility index (Phi) is 9.23. The first-order valence-corrected chi connectivity index (χ1v) is 13.8. The van der Waals surface area contributed by atoms with Crippen molar-refractivity contribution >= 4 is 34.8 Å². The Morgan fingerprint density at radius 2 is 1.72 bits per heavy atom. The third-order valence-corrected chi connectivity index (χ3v) is 8.19. The van der Waals surface area contributed by atoms with Crippen LogP contribution in [0.5, 0.6) is 0 Å². The van der Waals surface area contributed by atoms with Crippen molar-refractivity contribution in [1.82, 2.24) is 4.90 Å². The minimum absolute atomic E-state index is 0.0378. The Labute approximate surface area is 219 Å². The van der Waals surface area contributed by atoms with Crippen molar-refractivity contribution in [2.24, 2.45) is 17.3 Å². The molecule has 0 radical (unpaired) electrons. The summed E-state index contributed by atoms with van der Waals surface area (Å²) in [5.74, 6) is 5.09. The van der Waals surface area contributed by atoms with Gasteiger partial charge in [0, 0.05) is 37.6 Å². The number of carbonyl (C=O) groups is 3. The number of carbonyl (C=O) groups excluding carboxylic acids is 2. The standard InChI is InChI=1S/C28H40N2O5S/c1-18-7-9-20(10-8-18)26(32)30(19(2)25(31)29(6)21-12-15-35-16-13-21)23-17-22(11-14-28(3,4)5)36-24(23)27(33)34/h17-21H,7-10,12-13,15-16H2,1-6H3,(H,33,34)/t18?,19-,20?/m0/s1. The predicted molar refractivity (Wildman–Crippen MR) is 142 cm³/mol. The van der Waals surface area contributed by atoms with E-state index in [2.05, 4.69) is 18.8 Å². The lowest BCUT2D eigenvalue weighted by Crippen LogP contribution is -2.53. The fourth-order valence-corrected chi connectivity index (χ4v) is 5.75. The number of amides is 2. The van der Waals surface area contributed by atoms with Crippen molar-refractivity contribution in [3.63, 3.8) is 0 Å². The van der Waals surface area contributed by atoms with Crippen LogP contribution in [-0.4, -0.2) is 60.1 Å². The van der Waals surface area contributed by atoms with E-state index in [0.717, 1.165) is 49.9 Å². The highest BCUT2D eigenvalue weighted by Crippen LogP contribution is 2.36. The lowest BCUT2D eigenvalue weighted by molar-refractivity contribution is -0.137. The van der Waals surface area contributed by atoms with Crippen molar-refractivity contribution in [2.75, 3.05) is 25.2 Å². The summed E-state index contributed by atoms with van der Waals surface area (Å²) in [5.41, 5.74) is 0.0212. The van der Waals surface area contributed by atoms with Gasteiger partial charge in [0.25, 0.3) is 0 Å². The molecular weight excluding hydrogens is 476 g/mol. The summed E-state index contributed by atoms with van der Waals surface area (Å²) in [6.07, 6.45) is 4.88. The van der Waals surface area contributed by atoms with Gasteiger partial charge in [0.1, 0.15) is 10.9 Å². The second-order valence-electron chi connectivity index (χ2n) is 11.3. The van der Waals surface area contributed by atoms with Gasteiger partial charge in [0.2, 0.25) is 11.8 Å². The fourth-order valence-electron chi connectivity index (χ4n) is 4.90.